The lowest BCUT2D eigenvalue weighted by Crippen LogP contribution is -2.51. The van der Waals surface area contributed by atoms with Gasteiger partial charge in [0, 0.05) is 18.6 Å². The topological polar surface area (TPSA) is 29.5 Å². The summed E-state index contributed by atoms with van der Waals surface area (Å²) in [5, 5.41) is 9.96. The van der Waals surface area contributed by atoms with Crippen LogP contribution in [0.15, 0.2) is 11.6 Å². The van der Waals surface area contributed by atoms with Gasteiger partial charge in [0.05, 0.1) is 0 Å². The van der Waals surface area contributed by atoms with Crippen molar-refractivity contribution in [3.63, 3.8) is 0 Å². The zero-order valence-electron chi connectivity index (χ0n) is 16.4. The summed E-state index contributed by atoms with van der Waals surface area (Å²) < 4.78 is 6.89. The Balaban J connectivity index is 2.25. The molecule has 2 rings (SSSR count). The van der Waals surface area contributed by atoms with Gasteiger partial charge in [0.15, 0.2) is 8.32 Å². The van der Waals surface area contributed by atoms with Gasteiger partial charge in [-0.15, -0.1) is 0 Å². The van der Waals surface area contributed by atoms with Crippen LogP contribution in [0.3, 0.4) is 0 Å². The highest BCUT2D eigenvalue weighted by molar-refractivity contribution is 6.74. The van der Waals surface area contributed by atoms with Crippen molar-refractivity contribution >= 4 is 8.32 Å². The maximum absolute atomic E-state index is 9.69. The van der Waals surface area contributed by atoms with Gasteiger partial charge in [-0.2, -0.15) is 0 Å². The monoisotopic (exact) mass is 338 g/mol. The predicted molar refractivity (Wildman–Crippen MR) is 101 cm³/mol. The van der Waals surface area contributed by atoms with Gasteiger partial charge in [-0.25, -0.2) is 0 Å². The Labute approximate surface area is 144 Å². The number of hydrogen-bond donors (Lipinski definition) is 1. The van der Waals surface area contributed by atoms with Gasteiger partial charge in [-0.05, 0) is 55.1 Å². The fourth-order valence-electron chi connectivity index (χ4n) is 4.54. The van der Waals surface area contributed by atoms with Crippen molar-refractivity contribution in [1.82, 2.24) is 0 Å². The second kappa shape index (κ2) is 6.65. The first-order valence-corrected chi connectivity index (χ1v) is 12.4. The molecular weight excluding hydrogens is 300 g/mol. The van der Waals surface area contributed by atoms with Gasteiger partial charge < -0.3 is 9.53 Å². The number of aliphatic hydroxyl groups excluding tert-OH is 1. The number of aliphatic hydroxyl groups is 1. The van der Waals surface area contributed by atoms with Gasteiger partial charge in [-0.1, -0.05) is 52.7 Å². The largest absolute Gasteiger partial charge is 0.414 e. The van der Waals surface area contributed by atoms with Crippen LogP contribution in [0, 0.1) is 17.3 Å². The van der Waals surface area contributed by atoms with Crippen molar-refractivity contribution in [3.05, 3.63) is 11.6 Å². The maximum atomic E-state index is 9.69. The predicted octanol–water partition coefficient (Wildman–Crippen LogP) is 5.53. The van der Waals surface area contributed by atoms with E-state index in [1.54, 1.807) is 0 Å². The molecule has 0 aromatic rings. The van der Waals surface area contributed by atoms with Gasteiger partial charge >= 0.3 is 0 Å². The van der Waals surface area contributed by atoms with Crippen molar-refractivity contribution < 1.29 is 9.53 Å². The third-order valence-corrected chi connectivity index (χ3v) is 11.5. The van der Waals surface area contributed by atoms with Crippen LogP contribution >= 0.6 is 0 Å². The lowest BCUT2D eigenvalue weighted by molar-refractivity contribution is -0.00699. The SMILES string of the molecule is CC(CO)C1=CCC[C@H]2[C@@H](O[Si](C)(C)C(C)(C)C)CCC[C@]12C. The average Bonchev–Trinajstić information content (AvgIpc) is 2.44. The van der Waals surface area contributed by atoms with E-state index in [9.17, 15) is 5.11 Å². The molecule has 0 aromatic carbocycles. The Kier molecular flexibility index (Phi) is 5.55. The molecule has 1 unspecified atom stereocenters. The van der Waals surface area contributed by atoms with Crippen molar-refractivity contribution in [2.75, 3.05) is 6.61 Å². The van der Waals surface area contributed by atoms with E-state index < -0.39 is 8.32 Å². The normalized spacial score (nSPS) is 33.8. The molecule has 1 saturated carbocycles. The van der Waals surface area contributed by atoms with E-state index in [0.717, 1.165) is 6.42 Å². The fourth-order valence-corrected chi connectivity index (χ4v) is 5.93. The molecule has 0 amide bonds. The summed E-state index contributed by atoms with van der Waals surface area (Å²) in [4.78, 5) is 0. The molecule has 3 heteroatoms. The van der Waals surface area contributed by atoms with Crippen LogP contribution in [-0.4, -0.2) is 26.1 Å². The standard InChI is InChI=1S/C20H38O2Si/c1-15(14-21)16-10-8-11-17-18(12-9-13-20(16,17)5)22-23(6,7)19(2,3)4/h10,15,17-18,21H,8-9,11-14H2,1-7H3/t15?,17-,18-,20+/m0/s1. The van der Waals surface area contributed by atoms with Crippen LogP contribution in [0.1, 0.15) is 66.7 Å². The lowest BCUT2D eigenvalue weighted by atomic mass is 9.56. The number of fused-ring (bicyclic) bond motifs is 1. The van der Waals surface area contributed by atoms with Crippen LogP contribution in [0.4, 0.5) is 0 Å². The number of rotatable bonds is 4. The third kappa shape index (κ3) is 3.62. The fraction of sp³-hybridized carbons (Fsp3) is 0.900. The van der Waals surface area contributed by atoms with Crippen molar-refractivity contribution in [2.24, 2.45) is 17.3 Å². The van der Waals surface area contributed by atoms with Crippen LogP contribution < -0.4 is 0 Å². The lowest BCUT2D eigenvalue weighted by Gasteiger charge is -2.53. The first-order chi connectivity index (χ1) is 10.5. The molecule has 134 valence electrons. The Hall–Kier alpha value is -0.123. The van der Waals surface area contributed by atoms with Gasteiger partial charge in [0.2, 0.25) is 0 Å². The van der Waals surface area contributed by atoms with E-state index in [0.29, 0.717) is 12.0 Å². The molecule has 0 saturated heterocycles. The molecule has 0 bridgehead atoms. The Morgan fingerprint density at radius 3 is 2.57 bits per heavy atom. The summed E-state index contributed by atoms with van der Waals surface area (Å²) in [5.74, 6) is 0.911. The molecule has 0 radical (unpaired) electrons. The highest BCUT2D eigenvalue weighted by Crippen LogP contribution is 2.55. The summed E-state index contributed by atoms with van der Waals surface area (Å²) >= 11 is 0. The van der Waals surface area contributed by atoms with Crippen molar-refractivity contribution in [2.45, 2.75) is 91.0 Å². The molecule has 2 aliphatic carbocycles. The molecule has 0 aromatic heterocycles. The summed E-state index contributed by atoms with van der Waals surface area (Å²) in [6.07, 6.45) is 8.95. The molecule has 2 nitrogen and oxygen atoms in total. The van der Waals surface area contributed by atoms with E-state index in [4.69, 9.17) is 4.43 Å². The van der Waals surface area contributed by atoms with Gasteiger partial charge in [0.25, 0.3) is 0 Å². The highest BCUT2D eigenvalue weighted by Gasteiger charge is 2.49. The zero-order chi connectivity index (χ0) is 17.5. The highest BCUT2D eigenvalue weighted by atomic mass is 28.4. The summed E-state index contributed by atoms with van der Waals surface area (Å²) in [6.45, 7) is 16.7. The quantitative estimate of drug-likeness (QED) is 0.539. The minimum absolute atomic E-state index is 0.228. The van der Waals surface area contributed by atoms with Crippen molar-refractivity contribution in [3.8, 4) is 0 Å². The van der Waals surface area contributed by atoms with Crippen LogP contribution in [0.2, 0.25) is 18.1 Å². The van der Waals surface area contributed by atoms with E-state index in [-0.39, 0.29) is 23.0 Å². The second-order valence-electron chi connectivity index (χ2n) is 9.65. The van der Waals surface area contributed by atoms with E-state index in [1.807, 2.05) is 0 Å². The van der Waals surface area contributed by atoms with E-state index >= 15 is 0 Å². The van der Waals surface area contributed by atoms with Gasteiger partial charge in [-0.3, -0.25) is 0 Å². The number of hydrogen-bond acceptors (Lipinski definition) is 2. The second-order valence-corrected chi connectivity index (χ2v) is 14.4. The summed E-state index contributed by atoms with van der Waals surface area (Å²) in [7, 11) is -1.73. The summed E-state index contributed by atoms with van der Waals surface area (Å²) in [5.41, 5.74) is 1.73. The smallest absolute Gasteiger partial charge is 0.192 e. The Bertz CT molecular complexity index is 449. The van der Waals surface area contributed by atoms with Crippen LogP contribution in [0.5, 0.6) is 0 Å². The molecule has 4 atom stereocenters. The first-order valence-electron chi connectivity index (χ1n) is 9.52. The first kappa shape index (κ1) is 19.2. The average molecular weight is 339 g/mol. The van der Waals surface area contributed by atoms with Crippen LogP contribution in [-0.2, 0) is 4.43 Å². The molecule has 0 aliphatic heterocycles. The molecular formula is C20H38O2Si. The van der Waals surface area contributed by atoms with E-state index in [1.165, 1.54) is 31.3 Å². The third-order valence-electron chi connectivity index (χ3n) is 7.01. The molecule has 0 spiro atoms. The summed E-state index contributed by atoms with van der Waals surface area (Å²) in [6, 6.07) is 0. The molecule has 2 aliphatic rings. The molecule has 0 heterocycles. The van der Waals surface area contributed by atoms with Crippen LogP contribution in [0.25, 0.3) is 0 Å². The molecule has 23 heavy (non-hydrogen) atoms. The van der Waals surface area contributed by atoms with Gasteiger partial charge in [0.1, 0.15) is 0 Å². The Morgan fingerprint density at radius 2 is 2.00 bits per heavy atom. The Morgan fingerprint density at radius 1 is 1.35 bits per heavy atom. The molecule has 1 N–H and O–H groups in total. The number of allylic oxidation sites excluding steroid dienone is 1. The minimum Gasteiger partial charge on any atom is -0.414 e. The van der Waals surface area contributed by atoms with Crippen molar-refractivity contribution in [1.29, 1.82) is 0 Å². The van der Waals surface area contributed by atoms with E-state index in [2.05, 4.69) is 53.8 Å². The zero-order valence-corrected chi connectivity index (χ0v) is 17.4. The minimum atomic E-state index is -1.73. The maximum Gasteiger partial charge on any atom is 0.192 e. The molecule has 1 fully saturated rings.